The number of ether oxygens (including phenoxy) is 6. The van der Waals surface area contributed by atoms with Gasteiger partial charge in [-0.15, -0.1) is 25.3 Å². The number of thioether (sulfide) groups is 2. The first-order valence-corrected chi connectivity index (χ1v) is 36.3. The van der Waals surface area contributed by atoms with Crippen molar-refractivity contribution in [2.24, 2.45) is 0 Å². The first-order chi connectivity index (χ1) is 40.6. The number of thiol groups is 2. The third kappa shape index (κ3) is 47.8. The Kier molecular flexibility index (Phi) is 48.8. The van der Waals surface area contributed by atoms with Crippen LogP contribution in [0.5, 0.6) is 0 Å². The number of rotatable bonds is 31. The van der Waals surface area contributed by atoms with Crippen molar-refractivity contribution in [2.45, 2.75) is 140 Å². The number of aryl methyl sites for hydroxylation is 1. The van der Waals surface area contributed by atoms with Crippen molar-refractivity contribution in [1.82, 2.24) is 0 Å². The Hall–Kier alpha value is 2.78. The normalized spacial score (nSPS) is 15.0. The van der Waals surface area contributed by atoms with Crippen molar-refractivity contribution in [2.75, 3.05) is 64.4 Å². The molecule has 0 unspecified atom stereocenters. The SMILES string of the molecule is C.C/C(CO)=C(\CCC(OCC(Cl)(Cl)Cl)OCC(Cl)(Cl)Cl)C(=O)S.C/C(COS(=O)(=O)c1ccc(C)cc1)=C(\CCC(OCC(Cl)(Cl)Cl)OCC(Cl)(Cl)Cl)C(=O)S.CC1=C(CCC(OCC(Cl)(Cl)Cl)OCC(Cl)(Cl)Cl)C(=O)SC1.CC1=C(CCC=O)C(=O)SC1. The average molecular weight is 1730 g/mol. The summed E-state index contributed by atoms with van der Waals surface area (Å²) in [6.07, 6.45) is 0.806. The molecule has 0 amide bonds. The number of alkyl halides is 18. The molecule has 0 aromatic heterocycles. The zero-order valence-corrected chi connectivity index (χ0v) is 65.3. The molecule has 0 aliphatic carbocycles. The summed E-state index contributed by atoms with van der Waals surface area (Å²) in [5, 5.41) is 8.31. The maximum atomic E-state index is 12.4. The van der Waals surface area contributed by atoms with Crippen molar-refractivity contribution < 1.29 is 70.1 Å². The van der Waals surface area contributed by atoms with Crippen molar-refractivity contribution in [3.63, 3.8) is 0 Å². The lowest BCUT2D eigenvalue weighted by atomic mass is 10.1. The minimum absolute atomic E-state index is 0. The fourth-order valence-electron chi connectivity index (χ4n) is 6.56. The third-order valence-corrected chi connectivity index (χ3v) is 16.8. The number of carbonyl (C=O) groups excluding carboxylic acids is 5. The van der Waals surface area contributed by atoms with E-state index in [1.807, 2.05) is 20.8 Å². The quantitative estimate of drug-likeness (QED) is 0.0158. The number of aliphatic hydroxyl groups is 1. The van der Waals surface area contributed by atoms with Gasteiger partial charge < -0.3 is 38.3 Å². The predicted octanol–water partition coefficient (Wildman–Crippen LogP) is 18.6. The highest BCUT2D eigenvalue weighted by Gasteiger charge is 2.31. The smallest absolute Gasteiger partial charge is 0.297 e. The summed E-state index contributed by atoms with van der Waals surface area (Å²) >= 11 is 112. The summed E-state index contributed by atoms with van der Waals surface area (Å²) in [5.74, 6) is 1.52. The summed E-state index contributed by atoms with van der Waals surface area (Å²) in [7, 11) is -4.02. The molecule has 0 saturated carbocycles. The van der Waals surface area contributed by atoms with E-state index in [2.05, 4.69) is 25.3 Å². The minimum atomic E-state index is -4.02. The molecule has 0 spiro atoms. The highest BCUT2D eigenvalue weighted by molar-refractivity contribution is 8.15. The molecule has 2 heterocycles. The highest BCUT2D eigenvalue weighted by Crippen LogP contribution is 2.36. The van der Waals surface area contributed by atoms with Crippen LogP contribution in [-0.2, 0) is 66.7 Å². The summed E-state index contributed by atoms with van der Waals surface area (Å²) in [4.78, 5) is 56.4. The molecule has 2 aliphatic rings. The predicted molar refractivity (Wildman–Crippen MR) is 384 cm³/mol. The van der Waals surface area contributed by atoms with Gasteiger partial charge in [0, 0.05) is 59.5 Å². The molecule has 1 aromatic rings. The number of carbonyl (C=O) groups is 5. The number of benzene rings is 1. The third-order valence-electron chi connectivity index (χ3n) is 10.9. The molecule has 0 radical (unpaired) electrons. The molecule has 3 rings (SSSR count). The molecular weight excluding hydrogens is 1660 g/mol. The van der Waals surface area contributed by atoms with Crippen LogP contribution in [0.15, 0.2) is 73.7 Å². The van der Waals surface area contributed by atoms with Crippen molar-refractivity contribution in [3.8, 4) is 0 Å². The molecule has 38 heteroatoms. The van der Waals surface area contributed by atoms with Crippen LogP contribution in [0.3, 0.4) is 0 Å². The van der Waals surface area contributed by atoms with E-state index >= 15 is 0 Å². The van der Waals surface area contributed by atoms with Gasteiger partial charge in [0.15, 0.2) is 18.9 Å². The number of aldehydes is 1. The van der Waals surface area contributed by atoms with Crippen LogP contribution < -0.4 is 0 Å². The van der Waals surface area contributed by atoms with E-state index in [4.69, 9.17) is 247 Å². The molecule has 0 bridgehead atoms. The molecule has 90 heavy (non-hydrogen) atoms. The van der Waals surface area contributed by atoms with Crippen molar-refractivity contribution >= 4 is 294 Å². The van der Waals surface area contributed by atoms with Gasteiger partial charge in [-0.3, -0.25) is 23.4 Å². The van der Waals surface area contributed by atoms with Crippen LogP contribution in [0.1, 0.15) is 92.1 Å². The molecule has 2 aliphatic heterocycles. The fourth-order valence-corrected chi connectivity index (χ4v) is 11.2. The molecular formula is C52H66Cl18O15S5. The van der Waals surface area contributed by atoms with Gasteiger partial charge in [0.25, 0.3) is 10.1 Å². The Balaban J connectivity index is 0. The first-order valence-electron chi connectivity index (χ1n) is 25.2. The molecule has 1 N–H and O–H groups in total. The lowest BCUT2D eigenvalue weighted by Crippen LogP contribution is -2.27. The van der Waals surface area contributed by atoms with Gasteiger partial charge in [0.1, 0.15) is 6.29 Å². The van der Waals surface area contributed by atoms with Gasteiger partial charge >= 0.3 is 0 Å². The van der Waals surface area contributed by atoms with E-state index in [1.54, 1.807) is 26.0 Å². The van der Waals surface area contributed by atoms with Gasteiger partial charge in [-0.1, -0.05) is 269 Å². The lowest BCUT2D eigenvalue weighted by molar-refractivity contribution is -0.143. The molecule has 0 saturated heterocycles. The van der Waals surface area contributed by atoms with Crippen LogP contribution in [0.4, 0.5) is 0 Å². The van der Waals surface area contributed by atoms with E-state index in [9.17, 15) is 32.4 Å². The number of aliphatic hydroxyl groups excluding tert-OH is 1. The van der Waals surface area contributed by atoms with Crippen molar-refractivity contribution in [3.05, 3.63) is 74.4 Å². The van der Waals surface area contributed by atoms with E-state index in [1.165, 1.54) is 35.7 Å². The Morgan fingerprint density at radius 1 is 0.556 bits per heavy atom. The molecule has 0 atom stereocenters. The second kappa shape index (κ2) is 46.3. The number of hydrogen-bond donors (Lipinski definition) is 3. The standard InChI is InChI=1S/C19H22Cl6O6S2.C12H16Cl6O4S.C12H14Cl6O3S.C8H10O2S.CH4/c1-12-3-5-14(6-4-12)33(27,28)31-9-13(2)15(17(26)32)7-8-16(29-10-18(20,21)22)30-11-19(23,24)25;1-7(4-19)8(10(20)23)2-3-9(21-5-11(13,14)15)22-6-12(16,17)18;1-7-4-22-10(19)8(7)2-3-9(20-5-11(13,14)15)21-6-12(16,17)18;1-6-5-11-8(10)7(6)3-2-4-9;/h3-6,16H,7-11H2,1-2H3,(H,26,32);9,19H,2-6H2,1H3,(H,20,23);9H,2-6H2,1H3;4H,2-3,5H2,1H3;1H4/b15-13-;8-7-;;;. The monoisotopic (exact) mass is 1720 g/mol. The zero-order valence-electron chi connectivity index (χ0n) is 47.4. The van der Waals surface area contributed by atoms with E-state index < -0.39 is 62.0 Å². The second-order valence-electron chi connectivity index (χ2n) is 18.7. The topological polar surface area (TPSA) is 204 Å². The molecule has 520 valence electrons. The molecule has 0 fully saturated rings. The maximum Gasteiger partial charge on any atom is 0.297 e. The summed E-state index contributed by atoms with van der Waals surface area (Å²) < 4.78 is 52.3. The van der Waals surface area contributed by atoms with Crippen LogP contribution >= 0.6 is 258 Å². The van der Waals surface area contributed by atoms with Crippen LogP contribution in [0.2, 0.25) is 0 Å². The highest BCUT2D eigenvalue weighted by atomic mass is 35.6. The molecule has 1 aromatic carbocycles. The molecule has 15 nitrogen and oxygen atoms in total. The lowest BCUT2D eigenvalue weighted by Gasteiger charge is -2.23. The first kappa shape index (κ1) is 94.8. The van der Waals surface area contributed by atoms with E-state index in [0.29, 0.717) is 48.2 Å². The van der Waals surface area contributed by atoms with Crippen LogP contribution in [-0.4, -0.2) is 146 Å². The Morgan fingerprint density at radius 2 is 0.867 bits per heavy atom. The number of hydrogen-bond acceptors (Lipinski definition) is 17. The second-order valence-corrected chi connectivity index (χ2v) is 38.1. The van der Waals surface area contributed by atoms with Gasteiger partial charge in [0.2, 0.25) is 43.2 Å². The fraction of sp³-hybridized carbons (Fsp3) is 0.635. The van der Waals surface area contributed by atoms with E-state index in [0.717, 1.165) is 39.9 Å². The van der Waals surface area contributed by atoms with E-state index in [-0.39, 0.29) is 107 Å². The largest absolute Gasteiger partial charge is 0.392 e. The number of halogens is 18. The zero-order chi connectivity index (χ0) is 68.9. The Morgan fingerprint density at radius 3 is 1.14 bits per heavy atom. The summed E-state index contributed by atoms with van der Waals surface area (Å²) in [5.41, 5.74) is 6.12. The van der Waals surface area contributed by atoms with Gasteiger partial charge in [0.05, 0.1) is 57.8 Å². The Bertz CT molecular complexity index is 2610. The Labute approximate surface area is 636 Å². The summed E-state index contributed by atoms with van der Waals surface area (Å²) in [6, 6.07) is 6.16. The van der Waals surface area contributed by atoms with Crippen LogP contribution in [0, 0.1) is 6.92 Å². The minimum Gasteiger partial charge on any atom is -0.392 e. The van der Waals surface area contributed by atoms with Crippen molar-refractivity contribution in [1.29, 1.82) is 0 Å². The van der Waals surface area contributed by atoms with Gasteiger partial charge in [-0.05, 0) is 83.6 Å². The van der Waals surface area contributed by atoms with Gasteiger partial charge in [-0.25, -0.2) is 0 Å². The summed E-state index contributed by atoms with van der Waals surface area (Å²) in [6.45, 7) is 6.73. The average Bonchev–Trinajstić information content (AvgIpc) is 2.07. The van der Waals surface area contributed by atoms with Crippen LogP contribution in [0.25, 0.3) is 0 Å². The van der Waals surface area contributed by atoms with Gasteiger partial charge in [-0.2, -0.15) is 8.42 Å². The maximum absolute atomic E-state index is 12.4.